The lowest BCUT2D eigenvalue weighted by Gasteiger charge is -2.11. The van der Waals surface area contributed by atoms with E-state index in [0.717, 1.165) is 25.8 Å². The van der Waals surface area contributed by atoms with Crippen LogP contribution in [0.5, 0.6) is 0 Å². The summed E-state index contributed by atoms with van der Waals surface area (Å²) in [6.45, 7) is 3.55. The van der Waals surface area contributed by atoms with Crippen LogP contribution in [0.3, 0.4) is 0 Å². The van der Waals surface area contributed by atoms with Crippen molar-refractivity contribution in [3.8, 4) is 0 Å². The number of nitrogens with one attached hydrogen (secondary N) is 1. The molecule has 1 unspecified atom stereocenters. The van der Waals surface area contributed by atoms with Gasteiger partial charge in [-0.15, -0.1) is 11.3 Å². The molecule has 1 heterocycles. The van der Waals surface area contributed by atoms with Gasteiger partial charge in [0.25, 0.3) is 0 Å². The Kier molecular flexibility index (Phi) is 5.17. The van der Waals surface area contributed by atoms with Crippen molar-refractivity contribution in [1.29, 1.82) is 0 Å². The number of hydrogen-bond donors (Lipinski definition) is 2. The summed E-state index contributed by atoms with van der Waals surface area (Å²) in [5.74, 6) is 0. The predicted octanol–water partition coefficient (Wildman–Crippen LogP) is 3.71. The van der Waals surface area contributed by atoms with Crippen molar-refractivity contribution in [2.45, 2.75) is 32.2 Å². The van der Waals surface area contributed by atoms with Crippen LogP contribution in [-0.2, 0) is 0 Å². The van der Waals surface area contributed by atoms with Crippen LogP contribution >= 0.6 is 11.3 Å². The highest BCUT2D eigenvalue weighted by Crippen LogP contribution is 2.29. The number of unbranched alkanes of at least 4 members (excludes halogenated alkanes) is 2. The van der Waals surface area contributed by atoms with Crippen molar-refractivity contribution in [3.05, 3.63) is 35.2 Å². The monoisotopic (exact) mass is 263 g/mol. The second kappa shape index (κ2) is 6.88. The van der Waals surface area contributed by atoms with E-state index in [-0.39, 0.29) is 0 Å². The van der Waals surface area contributed by atoms with Crippen molar-refractivity contribution >= 4 is 21.4 Å². The first-order valence-corrected chi connectivity index (χ1v) is 7.45. The minimum Gasteiger partial charge on any atom is -0.396 e. The first-order chi connectivity index (χ1) is 8.81. The maximum absolute atomic E-state index is 8.71. The Morgan fingerprint density at radius 3 is 2.83 bits per heavy atom. The van der Waals surface area contributed by atoms with Gasteiger partial charge in [-0.3, -0.25) is 0 Å². The van der Waals surface area contributed by atoms with Crippen LogP contribution in [0.25, 0.3) is 10.1 Å². The third-order valence-electron chi connectivity index (χ3n) is 3.16. The lowest BCUT2D eigenvalue weighted by atomic mass is 10.2. The van der Waals surface area contributed by atoms with Crippen molar-refractivity contribution in [2.75, 3.05) is 13.2 Å². The molecule has 0 radical (unpaired) electrons. The lowest BCUT2D eigenvalue weighted by molar-refractivity contribution is 0.282. The summed E-state index contributed by atoms with van der Waals surface area (Å²) in [5.41, 5.74) is 0. The number of fused-ring (bicyclic) bond motifs is 1. The first-order valence-electron chi connectivity index (χ1n) is 6.64. The van der Waals surface area contributed by atoms with Gasteiger partial charge < -0.3 is 10.4 Å². The van der Waals surface area contributed by atoms with E-state index in [9.17, 15) is 0 Å². The largest absolute Gasteiger partial charge is 0.396 e. The highest BCUT2D eigenvalue weighted by atomic mass is 32.1. The molecule has 18 heavy (non-hydrogen) atoms. The topological polar surface area (TPSA) is 32.3 Å². The van der Waals surface area contributed by atoms with E-state index in [2.05, 4.69) is 42.6 Å². The van der Waals surface area contributed by atoms with Crippen molar-refractivity contribution < 1.29 is 5.11 Å². The van der Waals surface area contributed by atoms with E-state index < -0.39 is 0 Å². The molecule has 2 N–H and O–H groups in total. The molecule has 3 heteroatoms. The second-order valence-electron chi connectivity index (χ2n) is 4.65. The van der Waals surface area contributed by atoms with Gasteiger partial charge in [0.2, 0.25) is 0 Å². The van der Waals surface area contributed by atoms with E-state index >= 15 is 0 Å². The van der Waals surface area contributed by atoms with Crippen LogP contribution in [0.15, 0.2) is 30.3 Å². The smallest absolute Gasteiger partial charge is 0.0431 e. The third-order valence-corrected chi connectivity index (χ3v) is 4.46. The van der Waals surface area contributed by atoms with Gasteiger partial charge in [-0.25, -0.2) is 0 Å². The van der Waals surface area contributed by atoms with E-state index in [1.54, 1.807) is 0 Å². The average molecular weight is 263 g/mol. The number of thiophene rings is 1. The molecule has 2 rings (SSSR count). The lowest BCUT2D eigenvalue weighted by Crippen LogP contribution is -2.18. The second-order valence-corrected chi connectivity index (χ2v) is 5.76. The molecule has 0 aliphatic rings. The molecule has 0 amide bonds. The van der Waals surface area contributed by atoms with Gasteiger partial charge in [0, 0.05) is 22.2 Å². The molecule has 0 aliphatic carbocycles. The Hall–Kier alpha value is -0.900. The van der Waals surface area contributed by atoms with Crippen molar-refractivity contribution in [3.63, 3.8) is 0 Å². The molecule has 0 bridgehead atoms. The molecule has 2 nitrogen and oxygen atoms in total. The van der Waals surface area contributed by atoms with Crippen molar-refractivity contribution in [2.24, 2.45) is 0 Å². The fourth-order valence-electron chi connectivity index (χ4n) is 2.05. The number of benzene rings is 1. The van der Waals surface area contributed by atoms with Crippen LogP contribution < -0.4 is 5.32 Å². The zero-order chi connectivity index (χ0) is 12.8. The molecule has 1 atom stereocenters. The summed E-state index contributed by atoms with van der Waals surface area (Å²) in [5, 5.41) is 13.6. The van der Waals surface area contributed by atoms with Crippen LogP contribution in [0.2, 0.25) is 0 Å². The van der Waals surface area contributed by atoms with Gasteiger partial charge in [-0.05, 0) is 50.2 Å². The van der Waals surface area contributed by atoms with E-state index in [1.807, 2.05) is 11.3 Å². The number of rotatable bonds is 7. The molecule has 0 spiro atoms. The maximum Gasteiger partial charge on any atom is 0.0431 e. The molecule has 1 aromatic heterocycles. The number of hydrogen-bond acceptors (Lipinski definition) is 3. The predicted molar refractivity (Wildman–Crippen MR) is 79.2 cm³/mol. The average Bonchev–Trinajstić information content (AvgIpc) is 2.82. The molecule has 0 aliphatic heterocycles. The maximum atomic E-state index is 8.71. The van der Waals surface area contributed by atoms with Gasteiger partial charge in [-0.1, -0.05) is 18.2 Å². The summed E-state index contributed by atoms with van der Waals surface area (Å²) >= 11 is 1.87. The van der Waals surface area contributed by atoms with E-state index in [1.165, 1.54) is 15.0 Å². The van der Waals surface area contributed by atoms with Gasteiger partial charge in [-0.2, -0.15) is 0 Å². The van der Waals surface area contributed by atoms with Crippen molar-refractivity contribution in [1.82, 2.24) is 5.32 Å². The number of aliphatic hydroxyl groups excluding tert-OH is 1. The van der Waals surface area contributed by atoms with E-state index in [0.29, 0.717) is 12.6 Å². The summed E-state index contributed by atoms with van der Waals surface area (Å²) in [7, 11) is 0. The fourth-order valence-corrected chi connectivity index (χ4v) is 3.14. The molecular weight excluding hydrogens is 242 g/mol. The summed E-state index contributed by atoms with van der Waals surface area (Å²) in [4.78, 5) is 1.40. The standard InChI is InChI=1S/C15H21NOS/c1-12(16-9-5-2-6-10-17)15-11-13-7-3-4-8-14(13)18-15/h3-4,7-8,11-12,16-17H,2,5-6,9-10H2,1H3. The van der Waals surface area contributed by atoms with Gasteiger partial charge in [0.05, 0.1) is 0 Å². The number of aliphatic hydroxyl groups is 1. The van der Waals surface area contributed by atoms with Crippen LogP contribution in [0.1, 0.15) is 37.1 Å². The molecule has 1 aromatic carbocycles. The molecule has 0 saturated heterocycles. The highest BCUT2D eigenvalue weighted by Gasteiger charge is 2.08. The Labute approximate surface area is 113 Å². The summed E-state index contributed by atoms with van der Waals surface area (Å²) in [6, 6.07) is 11.2. The molecule has 2 aromatic rings. The molecule has 98 valence electrons. The highest BCUT2D eigenvalue weighted by molar-refractivity contribution is 7.19. The zero-order valence-corrected chi connectivity index (χ0v) is 11.7. The quantitative estimate of drug-likeness (QED) is 0.746. The van der Waals surface area contributed by atoms with Crippen LogP contribution in [-0.4, -0.2) is 18.3 Å². The van der Waals surface area contributed by atoms with Crippen LogP contribution in [0.4, 0.5) is 0 Å². The zero-order valence-electron chi connectivity index (χ0n) is 10.9. The van der Waals surface area contributed by atoms with E-state index in [4.69, 9.17) is 5.11 Å². The third kappa shape index (κ3) is 3.55. The SMILES string of the molecule is CC(NCCCCCO)c1cc2ccccc2s1. The van der Waals surface area contributed by atoms with Gasteiger partial charge >= 0.3 is 0 Å². The Morgan fingerprint density at radius 1 is 1.22 bits per heavy atom. The minimum absolute atomic E-state index is 0.311. The van der Waals surface area contributed by atoms with Crippen LogP contribution in [0, 0.1) is 0 Å². The minimum atomic E-state index is 0.311. The Bertz CT molecular complexity index is 447. The summed E-state index contributed by atoms with van der Waals surface area (Å²) < 4.78 is 1.36. The molecule has 0 saturated carbocycles. The fraction of sp³-hybridized carbons (Fsp3) is 0.467. The Morgan fingerprint density at radius 2 is 2.06 bits per heavy atom. The molecular formula is C15H21NOS. The van der Waals surface area contributed by atoms with Gasteiger partial charge in [0.15, 0.2) is 0 Å². The normalized spacial score (nSPS) is 13.0. The Balaban J connectivity index is 1.86. The summed E-state index contributed by atoms with van der Waals surface area (Å²) in [6.07, 6.45) is 3.15. The molecule has 0 fully saturated rings. The van der Waals surface area contributed by atoms with Gasteiger partial charge in [0.1, 0.15) is 0 Å². The first kappa shape index (κ1) is 13.5.